The summed E-state index contributed by atoms with van der Waals surface area (Å²) in [4.78, 5) is 0. The highest BCUT2D eigenvalue weighted by Gasteiger charge is 2.08. The fourth-order valence-corrected chi connectivity index (χ4v) is 3.69. The lowest BCUT2D eigenvalue weighted by Gasteiger charge is -2.01. The molecule has 0 aromatic heterocycles. The molecule has 0 N–H and O–H groups in total. The molecule has 0 amide bonds. The second-order valence-corrected chi connectivity index (χ2v) is 8.62. The molecule has 0 heterocycles. The van der Waals surface area contributed by atoms with Crippen molar-refractivity contribution >= 4 is 0 Å². The number of hydrogen-bond donors (Lipinski definition) is 0. The van der Waals surface area contributed by atoms with Crippen LogP contribution in [0.5, 0.6) is 0 Å². The Hall–Kier alpha value is -3.36. The van der Waals surface area contributed by atoms with Gasteiger partial charge in [0.1, 0.15) is 11.6 Å². The maximum Gasteiger partial charge on any atom is 0.143 e. The normalized spacial score (nSPS) is 10.2. The minimum absolute atomic E-state index is 0.227. The summed E-state index contributed by atoms with van der Waals surface area (Å²) in [5.74, 6) is 9.98. The van der Waals surface area contributed by atoms with E-state index in [1.54, 1.807) is 0 Å². The Labute approximate surface area is 203 Å². The highest BCUT2D eigenvalue weighted by molar-refractivity contribution is 5.49. The van der Waals surface area contributed by atoms with Crippen molar-refractivity contribution in [2.24, 2.45) is 0 Å². The van der Waals surface area contributed by atoms with E-state index in [-0.39, 0.29) is 5.56 Å². The van der Waals surface area contributed by atoms with E-state index in [9.17, 15) is 8.78 Å². The summed E-state index contributed by atoms with van der Waals surface area (Å²) in [5.41, 5.74) is 4.16. The van der Waals surface area contributed by atoms with Crippen LogP contribution in [0.3, 0.4) is 0 Å². The van der Waals surface area contributed by atoms with E-state index in [1.807, 2.05) is 36.4 Å². The molecule has 0 bridgehead atoms. The summed E-state index contributed by atoms with van der Waals surface area (Å²) >= 11 is 0. The third kappa shape index (κ3) is 7.90. The molecule has 0 nitrogen and oxygen atoms in total. The topological polar surface area (TPSA) is 0 Å². The molecule has 174 valence electrons. The Morgan fingerprint density at radius 3 is 1.53 bits per heavy atom. The predicted octanol–water partition coefficient (Wildman–Crippen LogP) is 8.23. The molecule has 0 fully saturated rings. The van der Waals surface area contributed by atoms with Crippen molar-refractivity contribution in [1.29, 1.82) is 0 Å². The lowest BCUT2D eigenvalue weighted by atomic mass is 10.0. The van der Waals surface area contributed by atoms with Gasteiger partial charge in [-0.3, -0.25) is 0 Å². The summed E-state index contributed by atoms with van der Waals surface area (Å²) in [6, 6.07) is 18.4. The number of rotatable bonds is 8. The van der Waals surface area contributed by atoms with Gasteiger partial charge in [-0.05, 0) is 73.2 Å². The van der Waals surface area contributed by atoms with Crippen LogP contribution in [0.15, 0.2) is 60.7 Å². The second kappa shape index (κ2) is 13.4. The van der Waals surface area contributed by atoms with Crippen LogP contribution >= 0.6 is 0 Å². The average molecular weight is 455 g/mol. The standard InChI is InChI=1S/C32H32F2/c1-3-5-7-8-10-26-13-17-28(18-14-26)21-22-30-31(33)23-29(24-32(30)34)20-19-27-15-11-25(12-16-27)9-6-4-2/h11-18,23-24H,3-10H2,1-2H3. The lowest BCUT2D eigenvalue weighted by Crippen LogP contribution is -1.93. The molecular formula is C32H32F2. The van der Waals surface area contributed by atoms with Gasteiger partial charge < -0.3 is 0 Å². The third-order valence-corrected chi connectivity index (χ3v) is 5.77. The number of unbranched alkanes of at least 4 members (excludes halogenated alkanes) is 4. The van der Waals surface area contributed by atoms with Crippen molar-refractivity contribution in [3.8, 4) is 23.7 Å². The first-order chi connectivity index (χ1) is 16.6. The molecular weight excluding hydrogens is 422 g/mol. The summed E-state index contributed by atoms with van der Waals surface area (Å²) in [5, 5.41) is 0. The molecule has 0 radical (unpaired) electrons. The molecule has 34 heavy (non-hydrogen) atoms. The first-order valence-electron chi connectivity index (χ1n) is 12.3. The monoisotopic (exact) mass is 454 g/mol. The van der Waals surface area contributed by atoms with Crippen molar-refractivity contribution in [1.82, 2.24) is 0 Å². The van der Waals surface area contributed by atoms with Gasteiger partial charge in [0.15, 0.2) is 0 Å². The van der Waals surface area contributed by atoms with E-state index in [2.05, 4.69) is 49.7 Å². The zero-order valence-electron chi connectivity index (χ0n) is 20.2. The van der Waals surface area contributed by atoms with Gasteiger partial charge in [0.2, 0.25) is 0 Å². The molecule has 3 rings (SSSR count). The van der Waals surface area contributed by atoms with Crippen LogP contribution < -0.4 is 0 Å². The average Bonchev–Trinajstić information content (AvgIpc) is 2.85. The first-order valence-corrected chi connectivity index (χ1v) is 12.3. The molecule has 3 aromatic carbocycles. The van der Waals surface area contributed by atoms with E-state index in [4.69, 9.17) is 0 Å². The van der Waals surface area contributed by atoms with Gasteiger partial charge in [0.05, 0.1) is 5.56 Å². The summed E-state index contributed by atoms with van der Waals surface area (Å²) in [6.45, 7) is 4.37. The van der Waals surface area contributed by atoms with E-state index in [0.29, 0.717) is 5.56 Å². The van der Waals surface area contributed by atoms with E-state index in [0.717, 1.165) is 36.8 Å². The summed E-state index contributed by atoms with van der Waals surface area (Å²) in [6.07, 6.45) is 9.30. The molecule has 0 saturated carbocycles. The smallest absolute Gasteiger partial charge is 0.143 e. The summed E-state index contributed by atoms with van der Waals surface area (Å²) in [7, 11) is 0. The lowest BCUT2D eigenvalue weighted by molar-refractivity contribution is 0.577. The summed E-state index contributed by atoms with van der Waals surface area (Å²) < 4.78 is 29.1. The molecule has 2 heteroatoms. The van der Waals surface area contributed by atoms with Gasteiger partial charge in [-0.1, -0.05) is 87.5 Å². The van der Waals surface area contributed by atoms with Gasteiger partial charge in [0, 0.05) is 16.7 Å². The Morgan fingerprint density at radius 2 is 1.00 bits per heavy atom. The fraction of sp³-hybridized carbons (Fsp3) is 0.312. The van der Waals surface area contributed by atoms with Gasteiger partial charge in [0.25, 0.3) is 0 Å². The van der Waals surface area contributed by atoms with E-state index < -0.39 is 11.6 Å². The maximum atomic E-state index is 14.6. The number of hydrogen-bond acceptors (Lipinski definition) is 0. The van der Waals surface area contributed by atoms with Crippen LogP contribution in [0.4, 0.5) is 8.78 Å². The third-order valence-electron chi connectivity index (χ3n) is 5.77. The van der Waals surface area contributed by atoms with Crippen LogP contribution in [0.2, 0.25) is 0 Å². The largest absolute Gasteiger partial charge is 0.205 e. The van der Waals surface area contributed by atoms with E-state index >= 15 is 0 Å². The zero-order chi connectivity index (χ0) is 24.2. The van der Waals surface area contributed by atoms with Crippen LogP contribution in [0.25, 0.3) is 0 Å². The molecule has 0 unspecified atom stereocenters. The maximum absolute atomic E-state index is 14.6. The van der Waals surface area contributed by atoms with Crippen LogP contribution in [-0.2, 0) is 12.8 Å². The van der Waals surface area contributed by atoms with Crippen molar-refractivity contribution in [3.05, 3.63) is 106 Å². The molecule has 3 aromatic rings. The van der Waals surface area contributed by atoms with Crippen molar-refractivity contribution < 1.29 is 8.78 Å². The Balaban J connectivity index is 1.67. The van der Waals surface area contributed by atoms with Crippen molar-refractivity contribution in [2.75, 3.05) is 0 Å². The fourth-order valence-electron chi connectivity index (χ4n) is 3.69. The minimum atomic E-state index is -0.695. The quantitative estimate of drug-likeness (QED) is 0.237. The minimum Gasteiger partial charge on any atom is -0.205 e. The Kier molecular flexibility index (Phi) is 9.94. The molecule has 0 aliphatic heterocycles. The Morgan fingerprint density at radius 1 is 0.529 bits per heavy atom. The highest BCUT2D eigenvalue weighted by atomic mass is 19.1. The molecule has 0 spiro atoms. The predicted molar refractivity (Wildman–Crippen MR) is 138 cm³/mol. The first kappa shape index (κ1) is 25.3. The van der Waals surface area contributed by atoms with Crippen LogP contribution in [-0.4, -0.2) is 0 Å². The van der Waals surface area contributed by atoms with Crippen molar-refractivity contribution in [3.63, 3.8) is 0 Å². The zero-order valence-corrected chi connectivity index (χ0v) is 20.2. The second-order valence-electron chi connectivity index (χ2n) is 8.62. The van der Waals surface area contributed by atoms with E-state index in [1.165, 1.54) is 48.9 Å². The van der Waals surface area contributed by atoms with Crippen LogP contribution in [0.1, 0.15) is 85.8 Å². The van der Waals surface area contributed by atoms with Crippen LogP contribution in [0, 0.1) is 35.3 Å². The van der Waals surface area contributed by atoms with Gasteiger partial charge in [-0.2, -0.15) is 0 Å². The molecule has 0 saturated heterocycles. The van der Waals surface area contributed by atoms with Crippen molar-refractivity contribution in [2.45, 2.75) is 65.2 Å². The van der Waals surface area contributed by atoms with Gasteiger partial charge in [-0.25, -0.2) is 8.78 Å². The SMILES string of the molecule is CCCCCCc1ccc(C#Cc2c(F)cc(C#Cc3ccc(CCCC)cc3)cc2F)cc1. The number of aryl methyl sites for hydroxylation is 2. The molecule has 0 atom stereocenters. The number of benzene rings is 3. The molecule has 0 aliphatic carbocycles. The molecule has 0 aliphatic rings. The highest BCUT2D eigenvalue weighted by Crippen LogP contribution is 2.15. The van der Waals surface area contributed by atoms with Gasteiger partial charge in [-0.15, -0.1) is 0 Å². The Bertz CT molecular complexity index is 1160. The number of halogens is 2. The van der Waals surface area contributed by atoms with Gasteiger partial charge >= 0.3 is 0 Å².